The zero-order valence-electron chi connectivity index (χ0n) is 15.0. The van der Waals surface area contributed by atoms with Crippen LogP contribution in [0.2, 0.25) is 0 Å². The third-order valence-corrected chi connectivity index (χ3v) is 4.94. The fraction of sp³-hybridized carbons (Fsp3) is 0.526. The minimum atomic E-state index is -0.766. The number of piperidine rings is 1. The number of rotatable bonds is 0. The summed E-state index contributed by atoms with van der Waals surface area (Å²) in [5.74, 6) is 1.39. The van der Waals surface area contributed by atoms with Gasteiger partial charge in [-0.1, -0.05) is 22.0 Å². The molecule has 0 aromatic heterocycles. The van der Waals surface area contributed by atoms with Gasteiger partial charge in [0, 0.05) is 23.0 Å². The molecule has 0 saturated carbocycles. The summed E-state index contributed by atoms with van der Waals surface area (Å²) in [6.07, 6.45) is 2.01. The summed E-state index contributed by atoms with van der Waals surface area (Å²) in [6, 6.07) is 5.76. The highest BCUT2D eigenvalue weighted by Crippen LogP contribution is 2.48. The number of halogens is 1. The highest BCUT2D eigenvalue weighted by atomic mass is 79.9. The lowest BCUT2D eigenvalue weighted by atomic mass is 9.77. The smallest absolute Gasteiger partial charge is 0.411 e. The highest BCUT2D eigenvalue weighted by Gasteiger charge is 2.49. The Hall–Kier alpha value is -1.53. The summed E-state index contributed by atoms with van der Waals surface area (Å²) in [5.41, 5.74) is -0.481. The molecule has 3 rings (SSSR count). The first-order valence-electron chi connectivity index (χ1n) is 8.47. The Balaban J connectivity index is 2.10. The second-order valence-corrected chi connectivity index (χ2v) is 8.62. The third kappa shape index (κ3) is 3.55. The van der Waals surface area contributed by atoms with Gasteiger partial charge in [0.05, 0.1) is 17.4 Å². The normalized spacial score (nSPS) is 25.9. The zero-order chi connectivity index (χ0) is 18.4. The molecule has 1 N–H and O–H groups in total. The lowest BCUT2D eigenvalue weighted by Crippen LogP contribution is -2.56. The van der Waals surface area contributed by atoms with Crippen LogP contribution in [-0.2, 0) is 10.3 Å². The van der Waals surface area contributed by atoms with Gasteiger partial charge in [-0.25, -0.2) is 4.79 Å². The molecule has 2 atom stereocenters. The van der Waals surface area contributed by atoms with Gasteiger partial charge < -0.3 is 14.6 Å². The molecule has 5 nitrogen and oxygen atoms in total. The number of nitrogens with zero attached hydrogens (tertiary/aromatic N) is 1. The van der Waals surface area contributed by atoms with E-state index in [1.165, 1.54) is 0 Å². The Morgan fingerprint density at radius 3 is 2.84 bits per heavy atom. The molecule has 1 fully saturated rings. The van der Waals surface area contributed by atoms with E-state index in [4.69, 9.17) is 9.47 Å². The number of carbonyl (C=O) groups excluding carboxylic acids is 1. The Labute approximate surface area is 156 Å². The molecule has 2 aliphatic heterocycles. The zero-order valence-corrected chi connectivity index (χ0v) is 16.6. The van der Waals surface area contributed by atoms with E-state index in [-0.39, 0.29) is 6.09 Å². The molecule has 1 spiro atoms. The van der Waals surface area contributed by atoms with Gasteiger partial charge in [-0.2, -0.15) is 0 Å². The number of fused-ring (bicyclic) bond motifs is 2. The second kappa shape index (κ2) is 6.32. The molecular formula is C19H24BrNO4. The van der Waals surface area contributed by atoms with Gasteiger partial charge >= 0.3 is 6.09 Å². The van der Waals surface area contributed by atoms with Crippen molar-refractivity contribution >= 4 is 22.0 Å². The number of ether oxygens (including phenoxy) is 2. The average Bonchev–Trinajstić information content (AvgIpc) is 2.44. The first kappa shape index (κ1) is 18.3. The summed E-state index contributed by atoms with van der Waals surface area (Å²) in [7, 11) is 0. The van der Waals surface area contributed by atoms with Gasteiger partial charge in [0.25, 0.3) is 0 Å². The number of aliphatic hydroxyl groups is 1. The Kier molecular flexibility index (Phi) is 4.62. The van der Waals surface area contributed by atoms with Crippen LogP contribution < -0.4 is 4.74 Å². The van der Waals surface area contributed by atoms with E-state index in [1.54, 1.807) is 4.90 Å². The molecule has 2 aliphatic rings. The Morgan fingerprint density at radius 2 is 2.16 bits per heavy atom. The van der Waals surface area contributed by atoms with Crippen LogP contribution in [-0.4, -0.2) is 34.3 Å². The predicted molar refractivity (Wildman–Crippen MR) is 98.4 cm³/mol. The van der Waals surface area contributed by atoms with Crippen LogP contribution in [0.25, 0.3) is 0 Å². The first-order chi connectivity index (χ1) is 11.6. The largest absolute Gasteiger partial charge is 0.462 e. The number of carbonyl (C=O) groups is 1. The third-order valence-electron chi connectivity index (χ3n) is 4.45. The molecular weight excluding hydrogens is 386 g/mol. The molecule has 1 amide bonds. The van der Waals surface area contributed by atoms with Crippen LogP contribution in [0.3, 0.4) is 0 Å². The van der Waals surface area contributed by atoms with Crippen LogP contribution in [0.5, 0.6) is 5.75 Å². The van der Waals surface area contributed by atoms with Gasteiger partial charge in [-0.15, -0.1) is 0 Å². The van der Waals surface area contributed by atoms with E-state index < -0.39 is 17.2 Å². The lowest BCUT2D eigenvalue weighted by Gasteiger charge is -2.49. The van der Waals surface area contributed by atoms with Crippen LogP contribution in [0, 0.1) is 0 Å². The fourth-order valence-corrected chi connectivity index (χ4v) is 3.91. The molecule has 6 heteroatoms. The number of aliphatic hydroxyl groups excluding tert-OH is 1. The quantitative estimate of drug-likeness (QED) is 0.692. The van der Waals surface area contributed by atoms with E-state index in [0.29, 0.717) is 30.9 Å². The summed E-state index contributed by atoms with van der Waals surface area (Å²) in [4.78, 5) is 14.6. The predicted octanol–water partition coefficient (Wildman–Crippen LogP) is 4.33. The van der Waals surface area contributed by atoms with Crippen molar-refractivity contribution in [3.8, 4) is 5.75 Å². The van der Waals surface area contributed by atoms with Crippen molar-refractivity contribution in [3.05, 3.63) is 40.1 Å². The standard InChI is InChI=1S/C19H24BrNO4/c1-12-10-19(15-6-5-13(20)9-16(15)24-12)11-14(22)7-8-21(19)17(23)25-18(2,3)4/h5-6,9-10,14,22H,7-8,11H2,1-4H3. The van der Waals surface area contributed by atoms with E-state index in [0.717, 1.165) is 10.0 Å². The molecule has 136 valence electrons. The number of likely N-dealkylation sites (tertiary alicyclic amines) is 1. The minimum Gasteiger partial charge on any atom is -0.462 e. The summed E-state index contributed by atoms with van der Waals surface area (Å²) < 4.78 is 12.4. The van der Waals surface area contributed by atoms with Crippen molar-refractivity contribution in [2.24, 2.45) is 0 Å². The first-order valence-corrected chi connectivity index (χ1v) is 9.26. The number of amides is 1. The minimum absolute atomic E-state index is 0.376. The molecule has 2 heterocycles. The highest BCUT2D eigenvalue weighted by molar-refractivity contribution is 9.10. The van der Waals surface area contributed by atoms with Gasteiger partial charge in [0.15, 0.2) is 0 Å². The van der Waals surface area contributed by atoms with Crippen LogP contribution >= 0.6 is 15.9 Å². The maximum atomic E-state index is 12.9. The monoisotopic (exact) mass is 409 g/mol. The van der Waals surface area contributed by atoms with Crippen molar-refractivity contribution in [1.82, 2.24) is 4.90 Å². The molecule has 0 radical (unpaired) electrons. The van der Waals surface area contributed by atoms with Gasteiger partial charge in [-0.3, -0.25) is 4.90 Å². The summed E-state index contributed by atoms with van der Waals surface area (Å²) >= 11 is 3.46. The molecule has 0 aliphatic carbocycles. The van der Waals surface area contributed by atoms with E-state index in [1.807, 2.05) is 52.0 Å². The second-order valence-electron chi connectivity index (χ2n) is 7.70. The van der Waals surface area contributed by atoms with E-state index >= 15 is 0 Å². The fourth-order valence-electron chi connectivity index (χ4n) is 3.57. The summed E-state index contributed by atoms with van der Waals surface area (Å²) in [5, 5.41) is 10.4. The summed E-state index contributed by atoms with van der Waals surface area (Å²) in [6.45, 7) is 7.85. The van der Waals surface area contributed by atoms with Crippen LogP contribution in [0.15, 0.2) is 34.5 Å². The molecule has 1 aromatic rings. The maximum absolute atomic E-state index is 12.9. The molecule has 1 aromatic carbocycles. The molecule has 1 saturated heterocycles. The molecule has 2 unspecified atom stereocenters. The maximum Gasteiger partial charge on any atom is 0.411 e. The van der Waals surface area contributed by atoms with Crippen molar-refractivity contribution in [1.29, 1.82) is 0 Å². The number of hydrogen-bond acceptors (Lipinski definition) is 4. The topological polar surface area (TPSA) is 59.0 Å². The molecule has 0 bridgehead atoms. The Bertz CT molecular complexity index is 725. The van der Waals surface area contributed by atoms with Crippen molar-refractivity contribution < 1.29 is 19.4 Å². The van der Waals surface area contributed by atoms with Gasteiger partial charge in [0.2, 0.25) is 0 Å². The SMILES string of the molecule is CC1=CC2(CC(O)CCN2C(=O)OC(C)(C)C)c2ccc(Br)cc2O1. The van der Waals surface area contributed by atoms with Gasteiger partial charge in [0.1, 0.15) is 11.4 Å². The van der Waals surface area contributed by atoms with E-state index in [9.17, 15) is 9.90 Å². The van der Waals surface area contributed by atoms with Crippen molar-refractivity contribution in [2.75, 3.05) is 6.54 Å². The van der Waals surface area contributed by atoms with Crippen molar-refractivity contribution in [3.63, 3.8) is 0 Å². The number of benzene rings is 1. The lowest BCUT2D eigenvalue weighted by molar-refractivity contribution is -0.0320. The number of hydrogen-bond donors (Lipinski definition) is 1. The Morgan fingerprint density at radius 1 is 1.44 bits per heavy atom. The van der Waals surface area contributed by atoms with Crippen LogP contribution in [0.1, 0.15) is 46.1 Å². The van der Waals surface area contributed by atoms with Crippen LogP contribution in [0.4, 0.5) is 4.79 Å². The average molecular weight is 410 g/mol. The number of allylic oxidation sites excluding steroid dienone is 1. The van der Waals surface area contributed by atoms with Crippen molar-refractivity contribution in [2.45, 2.75) is 57.8 Å². The molecule has 25 heavy (non-hydrogen) atoms. The van der Waals surface area contributed by atoms with E-state index in [2.05, 4.69) is 15.9 Å². The van der Waals surface area contributed by atoms with Gasteiger partial charge in [-0.05, 0) is 52.3 Å².